The summed E-state index contributed by atoms with van der Waals surface area (Å²) in [6.07, 6.45) is 1.02. The van der Waals surface area contributed by atoms with Crippen molar-refractivity contribution in [1.29, 1.82) is 0 Å². The van der Waals surface area contributed by atoms with E-state index in [1.165, 1.54) is 0 Å². The van der Waals surface area contributed by atoms with E-state index in [-0.39, 0.29) is 6.42 Å². The molecule has 5 nitrogen and oxygen atoms in total. The Kier molecular flexibility index (Phi) is 2.22. The smallest absolute Gasteiger partial charge is 0.311 e. The summed E-state index contributed by atoms with van der Waals surface area (Å²) in [5.41, 5.74) is 0. The van der Waals surface area contributed by atoms with Crippen molar-refractivity contribution in [2.45, 2.75) is 24.5 Å². The molecule has 0 spiro atoms. The van der Waals surface area contributed by atoms with Crippen LogP contribution in [0.3, 0.4) is 0 Å². The minimum absolute atomic E-state index is 0.0342. The largest absolute Gasteiger partial charge is 0.481 e. The monoisotopic (exact) mass is 199 g/mol. The molecule has 0 fully saturated rings. The van der Waals surface area contributed by atoms with Gasteiger partial charge in [-0.15, -0.1) is 10.2 Å². The molecule has 6 heteroatoms. The molecule has 0 saturated heterocycles. The van der Waals surface area contributed by atoms with E-state index < -0.39 is 5.97 Å². The van der Waals surface area contributed by atoms with Gasteiger partial charge >= 0.3 is 5.97 Å². The Balaban J connectivity index is 2.26. The maximum Gasteiger partial charge on any atom is 0.311 e. The third-order valence-corrected chi connectivity index (χ3v) is 2.91. The van der Waals surface area contributed by atoms with Gasteiger partial charge in [-0.1, -0.05) is 11.8 Å². The van der Waals surface area contributed by atoms with Crippen molar-refractivity contribution in [2.75, 3.05) is 5.75 Å². The van der Waals surface area contributed by atoms with E-state index in [9.17, 15) is 4.79 Å². The number of carbonyl (C=O) groups is 1. The lowest BCUT2D eigenvalue weighted by atomic mass is 10.4. The van der Waals surface area contributed by atoms with E-state index in [1.54, 1.807) is 11.8 Å². The molecule has 0 atom stereocenters. The molecule has 2 heterocycles. The summed E-state index contributed by atoms with van der Waals surface area (Å²) in [5.74, 6) is 0.756. The number of aromatic nitrogens is 3. The van der Waals surface area contributed by atoms with Gasteiger partial charge in [-0.05, 0) is 6.42 Å². The van der Waals surface area contributed by atoms with Crippen molar-refractivity contribution < 1.29 is 9.90 Å². The summed E-state index contributed by atoms with van der Waals surface area (Å²) in [4.78, 5) is 10.5. The Hall–Kier alpha value is -1.04. The van der Waals surface area contributed by atoms with Gasteiger partial charge in [0.25, 0.3) is 0 Å². The standard InChI is InChI=1S/C7H9N3O2S/c11-6(12)4-5-8-9-7-10(5)2-1-3-13-7/h1-4H2,(H,11,12). The third-order valence-electron chi connectivity index (χ3n) is 1.86. The van der Waals surface area contributed by atoms with Gasteiger partial charge in [-0.25, -0.2) is 0 Å². The number of fused-ring (bicyclic) bond motifs is 1. The highest BCUT2D eigenvalue weighted by Crippen LogP contribution is 2.23. The van der Waals surface area contributed by atoms with E-state index in [2.05, 4.69) is 10.2 Å². The van der Waals surface area contributed by atoms with Crippen LogP contribution in [0.5, 0.6) is 0 Å². The Bertz CT molecular complexity index is 336. The molecule has 2 rings (SSSR count). The van der Waals surface area contributed by atoms with Gasteiger partial charge in [0.1, 0.15) is 12.2 Å². The highest BCUT2D eigenvalue weighted by Gasteiger charge is 2.17. The Labute approximate surface area is 79.2 Å². The number of thioether (sulfide) groups is 1. The summed E-state index contributed by atoms with van der Waals surface area (Å²) in [6, 6.07) is 0. The average molecular weight is 199 g/mol. The molecule has 1 aromatic heterocycles. The maximum absolute atomic E-state index is 10.5. The van der Waals surface area contributed by atoms with Crippen molar-refractivity contribution in [1.82, 2.24) is 14.8 Å². The zero-order valence-corrected chi connectivity index (χ0v) is 7.75. The first-order valence-corrected chi connectivity index (χ1v) is 5.02. The lowest BCUT2D eigenvalue weighted by molar-refractivity contribution is -0.136. The number of hydrogen-bond donors (Lipinski definition) is 1. The molecule has 0 saturated carbocycles. The molecule has 0 amide bonds. The van der Waals surface area contributed by atoms with Crippen molar-refractivity contribution in [3.05, 3.63) is 5.82 Å². The van der Waals surface area contributed by atoms with E-state index in [0.717, 1.165) is 23.9 Å². The topological polar surface area (TPSA) is 68.0 Å². The van der Waals surface area contributed by atoms with Crippen LogP contribution in [0.2, 0.25) is 0 Å². The first-order chi connectivity index (χ1) is 6.27. The molecule has 1 N–H and O–H groups in total. The Morgan fingerprint density at radius 3 is 3.23 bits per heavy atom. The molecular formula is C7H9N3O2S. The summed E-state index contributed by atoms with van der Waals surface area (Å²) in [7, 11) is 0. The van der Waals surface area contributed by atoms with Gasteiger partial charge in [-0.2, -0.15) is 0 Å². The van der Waals surface area contributed by atoms with E-state index >= 15 is 0 Å². The summed E-state index contributed by atoms with van der Waals surface area (Å²) >= 11 is 1.63. The van der Waals surface area contributed by atoms with Crippen LogP contribution in [0.25, 0.3) is 0 Å². The van der Waals surface area contributed by atoms with E-state index in [4.69, 9.17) is 5.11 Å². The van der Waals surface area contributed by atoms with E-state index in [0.29, 0.717) is 5.82 Å². The predicted octanol–water partition coefficient (Wildman–Crippen LogP) is 0.401. The molecule has 0 radical (unpaired) electrons. The van der Waals surface area contributed by atoms with Crippen LogP contribution < -0.4 is 0 Å². The fourth-order valence-electron chi connectivity index (χ4n) is 1.30. The van der Waals surface area contributed by atoms with Crippen molar-refractivity contribution in [3.8, 4) is 0 Å². The number of aliphatic carboxylic acids is 1. The van der Waals surface area contributed by atoms with Gasteiger partial charge in [0.15, 0.2) is 5.16 Å². The van der Waals surface area contributed by atoms with Gasteiger partial charge < -0.3 is 9.67 Å². The van der Waals surface area contributed by atoms with Gasteiger partial charge in [0, 0.05) is 12.3 Å². The van der Waals surface area contributed by atoms with Crippen LogP contribution >= 0.6 is 11.8 Å². The zero-order valence-electron chi connectivity index (χ0n) is 6.93. The predicted molar refractivity (Wildman–Crippen MR) is 46.7 cm³/mol. The second kappa shape index (κ2) is 3.37. The molecule has 1 aliphatic rings. The first-order valence-electron chi connectivity index (χ1n) is 4.04. The van der Waals surface area contributed by atoms with Gasteiger partial charge in [0.2, 0.25) is 0 Å². The van der Waals surface area contributed by atoms with Gasteiger partial charge in [-0.3, -0.25) is 4.79 Å². The molecule has 1 aromatic rings. The number of nitrogens with zero attached hydrogens (tertiary/aromatic N) is 3. The molecule has 0 unspecified atom stereocenters. The van der Waals surface area contributed by atoms with Crippen molar-refractivity contribution in [3.63, 3.8) is 0 Å². The quantitative estimate of drug-likeness (QED) is 0.746. The van der Waals surface area contributed by atoms with Crippen LogP contribution in [-0.4, -0.2) is 31.6 Å². The van der Waals surface area contributed by atoms with Crippen LogP contribution in [-0.2, 0) is 17.8 Å². The normalized spacial score (nSPS) is 15.4. The molecule has 70 valence electrons. The van der Waals surface area contributed by atoms with Crippen LogP contribution in [0.1, 0.15) is 12.2 Å². The molecule has 13 heavy (non-hydrogen) atoms. The SMILES string of the molecule is O=C(O)Cc1nnc2n1CCCS2. The van der Waals surface area contributed by atoms with Crippen molar-refractivity contribution >= 4 is 17.7 Å². The van der Waals surface area contributed by atoms with Crippen LogP contribution in [0.4, 0.5) is 0 Å². The highest BCUT2D eigenvalue weighted by molar-refractivity contribution is 7.99. The number of rotatable bonds is 2. The zero-order chi connectivity index (χ0) is 9.26. The number of carboxylic acid groups (broad SMARTS) is 1. The summed E-state index contributed by atoms with van der Waals surface area (Å²) < 4.78 is 1.89. The second-order valence-corrected chi connectivity index (χ2v) is 3.89. The minimum Gasteiger partial charge on any atom is -0.481 e. The molecule has 0 bridgehead atoms. The first kappa shape index (κ1) is 8.55. The lowest BCUT2D eigenvalue weighted by Gasteiger charge is -2.12. The number of hydrogen-bond acceptors (Lipinski definition) is 4. The summed E-state index contributed by atoms with van der Waals surface area (Å²) in [6.45, 7) is 0.845. The maximum atomic E-state index is 10.5. The fourth-order valence-corrected chi connectivity index (χ4v) is 2.21. The Morgan fingerprint density at radius 2 is 2.46 bits per heavy atom. The lowest BCUT2D eigenvalue weighted by Crippen LogP contribution is -2.13. The van der Waals surface area contributed by atoms with Crippen LogP contribution in [0, 0.1) is 0 Å². The number of carboxylic acids is 1. The third kappa shape index (κ3) is 1.67. The minimum atomic E-state index is -0.856. The van der Waals surface area contributed by atoms with Crippen molar-refractivity contribution in [2.24, 2.45) is 0 Å². The Morgan fingerprint density at radius 1 is 1.62 bits per heavy atom. The second-order valence-electron chi connectivity index (χ2n) is 2.82. The molecule has 1 aliphatic heterocycles. The fraction of sp³-hybridized carbons (Fsp3) is 0.571. The summed E-state index contributed by atoms with van der Waals surface area (Å²) in [5, 5.41) is 17.2. The van der Waals surface area contributed by atoms with Gasteiger partial charge in [0.05, 0.1) is 0 Å². The average Bonchev–Trinajstić information content (AvgIpc) is 2.48. The van der Waals surface area contributed by atoms with Crippen LogP contribution in [0.15, 0.2) is 5.16 Å². The molecule has 0 aromatic carbocycles. The van der Waals surface area contributed by atoms with E-state index in [1.807, 2.05) is 4.57 Å². The molecular weight excluding hydrogens is 190 g/mol. The highest BCUT2D eigenvalue weighted by atomic mass is 32.2. The molecule has 0 aliphatic carbocycles.